The van der Waals surface area contributed by atoms with E-state index in [0.29, 0.717) is 27.4 Å². The van der Waals surface area contributed by atoms with Crippen LogP contribution in [0.2, 0.25) is 15.1 Å². The van der Waals surface area contributed by atoms with Crippen LogP contribution in [0.4, 0.5) is 5.95 Å². The van der Waals surface area contributed by atoms with E-state index in [1.54, 1.807) is 53.3 Å². The van der Waals surface area contributed by atoms with Gasteiger partial charge in [-0.05, 0) is 42.0 Å². The van der Waals surface area contributed by atoms with Gasteiger partial charge in [0.25, 0.3) is 5.91 Å². The molecule has 8 nitrogen and oxygen atoms in total. The zero-order chi connectivity index (χ0) is 21.8. The third-order valence-electron chi connectivity index (χ3n) is 4.12. The molecule has 0 aliphatic rings. The summed E-state index contributed by atoms with van der Waals surface area (Å²) in [6, 6.07) is 13.9. The molecule has 0 aliphatic carbocycles. The molecule has 2 aromatic carbocycles. The van der Waals surface area contributed by atoms with E-state index in [1.807, 2.05) is 6.07 Å². The normalized spacial score (nSPS) is 10.8. The summed E-state index contributed by atoms with van der Waals surface area (Å²) >= 11 is 17.9. The van der Waals surface area contributed by atoms with Crippen molar-refractivity contribution in [2.75, 3.05) is 5.32 Å². The van der Waals surface area contributed by atoms with Crippen LogP contribution >= 0.6 is 34.8 Å². The zero-order valence-electron chi connectivity index (χ0n) is 15.9. The largest absolute Gasteiger partial charge is 0.471 e. The van der Waals surface area contributed by atoms with Crippen molar-refractivity contribution < 1.29 is 9.53 Å². The van der Waals surface area contributed by atoms with Gasteiger partial charge >= 0.3 is 0 Å². The average molecular weight is 478 g/mol. The molecule has 0 radical (unpaired) electrons. The minimum absolute atomic E-state index is 0.129. The molecule has 0 unspecified atom stereocenters. The van der Waals surface area contributed by atoms with E-state index in [9.17, 15) is 4.79 Å². The molecular weight excluding hydrogens is 463 g/mol. The number of carbonyl (C=O) groups excluding carboxylic acids is 1. The van der Waals surface area contributed by atoms with Gasteiger partial charge < -0.3 is 4.74 Å². The smallest absolute Gasteiger partial charge is 0.278 e. The Hall–Kier alpha value is -3.07. The Labute approximate surface area is 192 Å². The molecule has 0 fully saturated rings. The summed E-state index contributed by atoms with van der Waals surface area (Å²) in [5.41, 5.74) is 1.10. The number of hydrogen-bond donors (Lipinski definition) is 1. The lowest BCUT2D eigenvalue weighted by Crippen LogP contribution is -2.15. The van der Waals surface area contributed by atoms with Crippen molar-refractivity contribution >= 4 is 46.7 Å². The Kier molecular flexibility index (Phi) is 6.41. The molecule has 0 saturated carbocycles. The Morgan fingerprint density at radius 1 is 1.00 bits per heavy atom. The topological polar surface area (TPSA) is 86.9 Å². The molecule has 0 atom stereocenters. The quantitative estimate of drug-likeness (QED) is 0.414. The minimum atomic E-state index is -0.436. The van der Waals surface area contributed by atoms with Gasteiger partial charge in [-0.3, -0.25) is 10.1 Å². The predicted molar refractivity (Wildman–Crippen MR) is 118 cm³/mol. The highest BCUT2D eigenvalue weighted by Gasteiger charge is 2.13. The van der Waals surface area contributed by atoms with Crippen LogP contribution in [0.15, 0.2) is 61.1 Å². The third-order valence-corrected chi connectivity index (χ3v) is 5.10. The number of carbonyl (C=O) groups is 1. The van der Waals surface area contributed by atoms with Crippen LogP contribution in [0, 0.1) is 0 Å². The zero-order valence-corrected chi connectivity index (χ0v) is 18.1. The van der Waals surface area contributed by atoms with E-state index in [2.05, 4.69) is 20.5 Å². The van der Waals surface area contributed by atoms with Crippen molar-refractivity contribution in [3.05, 3.63) is 87.4 Å². The van der Waals surface area contributed by atoms with Gasteiger partial charge in [0.1, 0.15) is 12.1 Å². The van der Waals surface area contributed by atoms with Gasteiger partial charge in [0, 0.05) is 11.2 Å². The summed E-state index contributed by atoms with van der Waals surface area (Å²) < 4.78 is 8.67. The van der Waals surface area contributed by atoms with Crippen molar-refractivity contribution in [2.45, 2.75) is 13.3 Å². The number of aromatic nitrogens is 5. The number of ether oxygens (including phenoxy) is 1. The highest BCUT2D eigenvalue weighted by Crippen LogP contribution is 2.23. The maximum atomic E-state index is 12.4. The van der Waals surface area contributed by atoms with Crippen LogP contribution in [-0.4, -0.2) is 30.5 Å². The second kappa shape index (κ2) is 9.38. The first-order chi connectivity index (χ1) is 15.0. The van der Waals surface area contributed by atoms with Crippen LogP contribution in [0.3, 0.4) is 0 Å². The Morgan fingerprint density at radius 3 is 2.68 bits per heavy atom. The molecule has 11 heteroatoms. The summed E-state index contributed by atoms with van der Waals surface area (Å²) in [6.45, 7) is 0.555. The fraction of sp³-hybridized carbons (Fsp3) is 0.100. The molecule has 0 aliphatic heterocycles. The first-order valence-corrected chi connectivity index (χ1v) is 10.2. The molecule has 158 valence electrons. The SMILES string of the molecule is O=C(Nc1ncn(Cc2ccc(Cl)c(Cl)c2)n1)c1ccn(COc2cccc(Cl)c2)n1. The van der Waals surface area contributed by atoms with Crippen molar-refractivity contribution in [2.24, 2.45) is 0 Å². The van der Waals surface area contributed by atoms with Crippen LogP contribution in [0.1, 0.15) is 16.1 Å². The molecule has 2 heterocycles. The molecule has 0 bridgehead atoms. The number of hydrogen-bond acceptors (Lipinski definition) is 5. The number of amides is 1. The molecule has 2 aromatic heterocycles. The molecule has 0 spiro atoms. The second-order valence-electron chi connectivity index (χ2n) is 6.44. The van der Waals surface area contributed by atoms with E-state index in [1.165, 1.54) is 11.0 Å². The van der Waals surface area contributed by atoms with E-state index in [0.717, 1.165) is 5.56 Å². The monoisotopic (exact) mass is 476 g/mol. The molecule has 1 N–H and O–H groups in total. The number of halogens is 3. The average Bonchev–Trinajstić information content (AvgIpc) is 3.39. The molecule has 4 rings (SSSR count). The highest BCUT2D eigenvalue weighted by molar-refractivity contribution is 6.42. The van der Waals surface area contributed by atoms with Gasteiger partial charge in [0.05, 0.1) is 16.6 Å². The van der Waals surface area contributed by atoms with Crippen molar-refractivity contribution in [3.8, 4) is 5.75 Å². The molecular formula is C20H15Cl3N6O2. The summed E-state index contributed by atoms with van der Waals surface area (Å²) in [7, 11) is 0. The maximum absolute atomic E-state index is 12.4. The minimum Gasteiger partial charge on any atom is -0.471 e. The van der Waals surface area contributed by atoms with E-state index >= 15 is 0 Å². The molecule has 4 aromatic rings. The van der Waals surface area contributed by atoms with Gasteiger partial charge in [0.2, 0.25) is 5.95 Å². The lowest BCUT2D eigenvalue weighted by molar-refractivity contribution is 0.101. The van der Waals surface area contributed by atoms with Crippen molar-refractivity contribution in [1.82, 2.24) is 24.5 Å². The fourth-order valence-electron chi connectivity index (χ4n) is 2.67. The van der Waals surface area contributed by atoms with Crippen molar-refractivity contribution in [1.29, 1.82) is 0 Å². The van der Waals surface area contributed by atoms with Crippen molar-refractivity contribution in [3.63, 3.8) is 0 Å². The van der Waals surface area contributed by atoms with Crippen LogP contribution in [0.5, 0.6) is 5.75 Å². The Balaban J connectivity index is 1.34. The summed E-state index contributed by atoms with van der Waals surface area (Å²) in [5, 5.41) is 12.6. The Morgan fingerprint density at radius 2 is 1.87 bits per heavy atom. The predicted octanol–water partition coefficient (Wildman–Crippen LogP) is 4.77. The number of anilines is 1. The second-order valence-corrected chi connectivity index (χ2v) is 7.69. The number of benzene rings is 2. The maximum Gasteiger partial charge on any atom is 0.278 e. The van der Waals surface area contributed by atoms with Gasteiger partial charge in [-0.15, -0.1) is 5.10 Å². The Bertz CT molecular complexity index is 1220. The number of nitrogens with zero attached hydrogens (tertiary/aromatic N) is 5. The first-order valence-electron chi connectivity index (χ1n) is 9.03. The van der Waals surface area contributed by atoms with Crippen LogP contribution in [0.25, 0.3) is 0 Å². The van der Waals surface area contributed by atoms with E-state index in [-0.39, 0.29) is 18.4 Å². The highest BCUT2D eigenvalue weighted by atomic mass is 35.5. The van der Waals surface area contributed by atoms with Gasteiger partial charge in [-0.2, -0.15) is 5.10 Å². The number of rotatable bonds is 7. The van der Waals surface area contributed by atoms with E-state index in [4.69, 9.17) is 39.5 Å². The molecule has 1 amide bonds. The fourth-order valence-corrected chi connectivity index (χ4v) is 3.17. The lowest BCUT2D eigenvalue weighted by Gasteiger charge is -2.06. The first kappa shape index (κ1) is 21.2. The summed E-state index contributed by atoms with van der Waals surface area (Å²) in [5.74, 6) is 0.328. The van der Waals surface area contributed by atoms with Crippen LogP contribution in [-0.2, 0) is 13.3 Å². The summed E-state index contributed by atoms with van der Waals surface area (Å²) in [6.07, 6.45) is 3.14. The van der Waals surface area contributed by atoms with Gasteiger partial charge in [0.15, 0.2) is 12.4 Å². The third kappa shape index (κ3) is 5.55. The standard InChI is InChI=1S/C20H15Cl3N6O2/c21-14-2-1-3-15(9-14)31-12-28-7-6-18(26-28)19(30)25-20-24-11-29(27-20)10-13-4-5-16(22)17(23)8-13/h1-9,11H,10,12H2,(H,25,27,30). The number of nitrogens with one attached hydrogen (secondary N) is 1. The summed E-state index contributed by atoms with van der Waals surface area (Å²) in [4.78, 5) is 16.5. The molecule has 0 saturated heterocycles. The van der Waals surface area contributed by atoms with Gasteiger partial charge in [-0.25, -0.2) is 14.3 Å². The van der Waals surface area contributed by atoms with Crippen LogP contribution < -0.4 is 10.1 Å². The lowest BCUT2D eigenvalue weighted by atomic mass is 10.2. The van der Waals surface area contributed by atoms with Gasteiger partial charge in [-0.1, -0.05) is 46.9 Å². The molecule has 31 heavy (non-hydrogen) atoms. The van der Waals surface area contributed by atoms with E-state index < -0.39 is 5.91 Å².